The highest BCUT2D eigenvalue weighted by atomic mass is 16.6. The predicted octanol–water partition coefficient (Wildman–Crippen LogP) is 2.60. The molecule has 1 aromatic heterocycles. The monoisotopic (exact) mass is 557 g/mol. The van der Waals surface area contributed by atoms with E-state index >= 15 is 0 Å². The van der Waals surface area contributed by atoms with Crippen molar-refractivity contribution in [1.29, 1.82) is 0 Å². The van der Waals surface area contributed by atoms with Crippen LogP contribution >= 0.6 is 0 Å². The summed E-state index contributed by atoms with van der Waals surface area (Å²) in [6.45, 7) is 11.2. The molecule has 2 aliphatic rings. The highest BCUT2D eigenvalue weighted by molar-refractivity contribution is 6.00. The smallest absolute Gasteiger partial charge is 0.410 e. The van der Waals surface area contributed by atoms with E-state index in [0.717, 1.165) is 63.0 Å². The zero-order valence-electron chi connectivity index (χ0n) is 24.2. The van der Waals surface area contributed by atoms with E-state index in [4.69, 9.17) is 9.47 Å². The van der Waals surface area contributed by atoms with Gasteiger partial charge in [0, 0.05) is 52.9 Å². The van der Waals surface area contributed by atoms with Gasteiger partial charge in [-0.25, -0.2) is 9.59 Å². The molecule has 11 nitrogen and oxygen atoms in total. The van der Waals surface area contributed by atoms with Gasteiger partial charge in [-0.1, -0.05) is 6.07 Å². The van der Waals surface area contributed by atoms with E-state index in [2.05, 4.69) is 10.2 Å². The molecule has 2 saturated heterocycles. The van der Waals surface area contributed by atoms with Gasteiger partial charge in [-0.05, 0) is 77.1 Å². The number of ether oxygens (including phenoxy) is 2. The van der Waals surface area contributed by atoms with Crippen molar-refractivity contribution in [3.63, 3.8) is 0 Å². The Bertz CT molecular complexity index is 1270. The van der Waals surface area contributed by atoms with E-state index in [-0.39, 0.29) is 24.1 Å². The zero-order valence-corrected chi connectivity index (χ0v) is 24.2. The van der Waals surface area contributed by atoms with Gasteiger partial charge in [0.05, 0.1) is 11.0 Å². The fourth-order valence-corrected chi connectivity index (χ4v) is 5.29. The van der Waals surface area contributed by atoms with Gasteiger partial charge in [0.1, 0.15) is 11.6 Å². The summed E-state index contributed by atoms with van der Waals surface area (Å²) in [5.74, 6) is -0.720. The molecule has 1 aromatic carbocycles. The Hall–Kier alpha value is -3.18. The number of carbonyl (C=O) groups excluding carboxylic acids is 3. The van der Waals surface area contributed by atoms with Gasteiger partial charge in [-0.3, -0.25) is 28.9 Å². The number of imide groups is 1. The normalized spacial score (nSPS) is 18.8. The van der Waals surface area contributed by atoms with Crippen LogP contribution in [0.4, 0.5) is 4.79 Å². The van der Waals surface area contributed by atoms with Crippen molar-refractivity contribution in [3.05, 3.63) is 34.2 Å². The Morgan fingerprint density at radius 1 is 1.00 bits per heavy atom. The number of benzene rings is 1. The zero-order chi connectivity index (χ0) is 28.9. The number of unbranched alkanes of at least 4 members (excludes halogenated alkanes) is 1. The van der Waals surface area contributed by atoms with E-state index in [1.54, 1.807) is 16.5 Å². The summed E-state index contributed by atoms with van der Waals surface area (Å²) in [5, 5.41) is 2.34. The number of amides is 3. The van der Waals surface area contributed by atoms with Gasteiger partial charge in [0.15, 0.2) is 0 Å². The molecule has 40 heavy (non-hydrogen) atoms. The fraction of sp³-hybridized carbons (Fsp3) is 0.655. The third kappa shape index (κ3) is 7.51. The first-order valence-corrected chi connectivity index (χ1v) is 14.3. The molecule has 0 spiro atoms. The number of nitrogens with zero attached hydrogens (tertiary/aromatic N) is 4. The molecule has 0 saturated carbocycles. The van der Waals surface area contributed by atoms with Crippen molar-refractivity contribution >= 4 is 28.9 Å². The van der Waals surface area contributed by atoms with E-state index in [9.17, 15) is 19.2 Å². The van der Waals surface area contributed by atoms with Crippen LogP contribution in [-0.2, 0) is 32.5 Å². The van der Waals surface area contributed by atoms with E-state index in [1.165, 1.54) is 4.57 Å². The summed E-state index contributed by atoms with van der Waals surface area (Å²) in [6.07, 6.45) is 4.08. The fourth-order valence-electron chi connectivity index (χ4n) is 5.29. The standard InChI is InChI=1S/C29H43N5O6/c1-29(2,3)40-28(38)33-16-14-32(15-17-33)13-5-6-18-39-19-7-8-21-9-10-22-24(20-21)31(4)27(37)34(22)23-11-12-25(35)30-26(23)36/h9-10,20,23H,5-8,11-19H2,1-4H3,(H,30,35,36). The molecule has 2 aliphatic heterocycles. The lowest BCUT2D eigenvalue weighted by Gasteiger charge is -2.35. The van der Waals surface area contributed by atoms with E-state index in [0.29, 0.717) is 31.6 Å². The van der Waals surface area contributed by atoms with Crippen molar-refractivity contribution in [2.75, 3.05) is 45.9 Å². The molecule has 1 atom stereocenters. The van der Waals surface area contributed by atoms with E-state index in [1.807, 2.05) is 39.0 Å². The van der Waals surface area contributed by atoms with Crippen molar-refractivity contribution < 1.29 is 23.9 Å². The number of piperidine rings is 1. The Labute approximate surface area is 235 Å². The summed E-state index contributed by atoms with van der Waals surface area (Å²) < 4.78 is 14.4. The predicted molar refractivity (Wildman–Crippen MR) is 151 cm³/mol. The minimum Gasteiger partial charge on any atom is -0.444 e. The first-order chi connectivity index (χ1) is 19.0. The van der Waals surface area contributed by atoms with Crippen LogP contribution < -0.4 is 11.0 Å². The van der Waals surface area contributed by atoms with Crippen molar-refractivity contribution in [1.82, 2.24) is 24.3 Å². The molecule has 3 amide bonds. The maximum Gasteiger partial charge on any atom is 0.410 e. The maximum atomic E-state index is 12.9. The SMILES string of the molecule is Cn1c(=O)n(C2CCC(=O)NC2=O)c2ccc(CCCOCCCCN3CCN(C(=O)OC(C)(C)C)CC3)cc21. The molecule has 11 heteroatoms. The topological polar surface area (TPSA) is 115 Å². The van der Waals surface area contributed by atoms with Crippen LogP contribution in [0.25, 0.3) is 11.0 Å². The molecule has 3 heterocycles. The summed E-state index contributed by atoms with van der Waals surface area (Å²) in [5.41, 5.74) is 1.87. The molecule has 2 aromatic rings. The summed E-state index contributed by atoms with van der Waals surface area (Å²) >= 11 is 0. The van der Waals surface area contributed by atoms with Gasteiger partial charge in [0.2, 0.25) is 11.8 Å². The van der Waals surface area contributed by atoms with Crippen LogP contribution in [0.2, 0.25) is 0 Å². The second kappa shape index (κ2) is 13.0. The molecular weight excluding hydrogens is 514 g/mol. The molecule has 1 unspecified atom stereocenters. The molecule has 220 valence electrons. The summed E-state index contributed by atoms with van der Waals surface area (Å²) in [4.78, 5) is 53.2. The highest BCUT2D eigenvalue weighted by Crippen LogP contribution is 2.24. The molecular formula is C29H43N5O6. The number of aromatic nitrogens is 2. The molecule has 4 rings (SSSR count). The Morgan fingerprint density at radius 3 is 2.42 bits per heavy atom. The van der Waals surface area contributed by atoms with Crippen LogP contribution in [0, 0.1) is 0 Å². The average Bonchev–Trinajstić information content (AvgIpc) is 3.14. The van der Waals surface area contributed by atoms with Crippen LogP contribution in [0.15, 0.2) is 23.0 Å². The molecule has 0 bridgehead atoms. The minimum absolute atomic E-state index is 0.226. The van der Waals surface area contributed by atoms with Gasteiger partial charge in [-0.2, -0.15) is 0 Å². The highest BCUT2D eigenvalue weighted by Gasteiger charge is 2.31. The second-order valence-corrected chi connectivity index (χ2v) is 11.7. The third-order valence-electron chi connectivity index (χ3n) is 7.47. The summed E-state index contributed by atoms with van der Waals surface area (Å²) in [7, 11) is 1.71. The number of carbonyl (C=O) groups is 3. The van der Waals surface area contributed by atoms with Crippen molar-refractivity contribution in [2.24, 2.45) is 7.05 Å². The largest absolute Gasteiger partial charge is 0.444 e. The minimum atomic E-state index is -0.671. The van der Waals surface area contributed by atoms with Crippen LogP contribution in [0.1, 0.15) is 64.5 Å². The van der Waals surface area contributed by atoms with Gasteiger partial charge in [0.25, 0.3) is 0 Å². The Balaban J connectivity index is 1.14. The third-order valence-corrected chi connectivity index (χ3v) is 7.47. The van der Waals surface area contributed by atoms with Gasteiger partial charge in [-0.15, -0.1) is 0 Å². The number of fused-ring (bicyclic) bond motifs is 1. The van der Waals surface area contributed by atoms with Gasteiger partial charge < -0.3 is 14.4 Å². The van der Waals surface area contributed by atoms with Gasteiger partial charge >= 0.3 is 11.8 Å². The number of imidazole rings is 1. The lowest BCUT2D eigenvalue weighted by molar-refractivity contribution is -0.135. The van der Waals surface area contributed by atoms with Crippen LogP contribution in [-0.4, -0.2) is 88.4 Å². The quantitative estimate of drug-likeness (QED) is 0.353. The lowest BCUT2D eigenvalue weighted by atomic mass is 10.1. The molecule has 0 radical (unpaired) electrons. The maximum absolute atomic E-state index is 12.9. The Morgan fingerprint density at radius 2 is 1.73 bits per heavy atom. The second-order valence-electron chi connectivity index (χ2n) is 11.7. The number of aryl methyl sites for hydroxylation is 2. The number of rotatable bonds is 10. The molecule has 0 aliphatic carbocycles. The lowest BCUT2D eigenvalue weighted by Crippen LogP contribution is -2.50. The first-order valence-electron chi connectivity index (χ1n) is 14.3. The number of piperazine rings is 1. The van der Waals surface area contributed by atoms with Crippen LogP contribution in [0.3, 0.4) is 0 Å². The van der Waals surface area contributed by atoms with Crippen molar-refractivity contribution in [3.8, 4) is 0 Å². The number of hydrogen-bond acceptors (Lipinski definition) is 7. The summed E-state index contributed by atoms with van der Waals surface area (Å²) in [6, 6.07) is 5.22. The van der Waals surface area contributed by atoms with E-state index < -0.39 is 17.6 Å². The number of nitrogens with one attached hydrogen (secondary N) is 1. The number of hydrogen-bond donors (Lipinski definition) is 1. The molecule has 2 fully saturated rings. The van der Waals surface area contributed by atoms with Crippen LogP contribution in [0.5, 0.6) is 0 Å². The molecule has 1 N–H and O–H groups in total. The Kier molecular flexibility index (Phi) is 9.68. The van der Waals surface area contributed by atoms with Crippen molar-refractivity contribution in [2.45, 2.75) is 70.9 Å². The average molecular weight is 558 g/mol. The first kappa shape index (κ1) is 29.8.